The van der Waals surface area contributed by atoms with Crippen molar-refractivity contribution < 1.29 is 0 Å². The van der Waals surface area contributed by atoms with E-state index in [0.717, 1.165) is 27.6 Å². The third-order valence-electron chi connectivity index (χ3n) is 3.11. The molecule has 2 heterocycles. The highest BCUT2D eigenvalue weighted by atomic mass is 79.9. The van der Waals surface area contributed by atoms with Crippen LogP contribution in [-0.2, 0) is 0 Å². The van der Waals surface area contributed by atoms with Crippen LogP contribution < -0.4 is 5.32 Å². The third-order valence-corrected chi connectivity index (χ3v) is 7.45. The molecule has 3 unspecified atom stereocenters. The lowest BCUT2D eigenvalue weighted by molar-refractivity contribution is 0.851. The van der Waals surface area contributed by atoms with Crippen molar-refractivity contribution in [1.29, 1.82) is 0 Å². The van der Waals surface area contributed by atoms with Crippen LogP contribution >= 0.6 is 39.5 Å². The summed E-state index contributed by atoms with van der Waals surface area (Å²) in [4.78, 5) is 9.26. The Morgan fingerprint density at radius 2 is 2.00 bits per heavy atom. The van der Waals surface area contributed by atoms with E-state index < -0.39 is 0 Å². The predicted octanol–water partition coefficient (Wildman–Crippen LogP) is 3.89. The number of hydrogen-bond donors (Lipinski definition) is 1. The van der Waals surface area contributed by atoms with E-state index in [0.29, 0.717) is 15.7 Å². The summed E-state index contributed by atoms with van der Waals surface area (Å²) in [6, 6.07) is 0. The molecule has 6 heteroatoms. The van der Waals surface area contributed by atoms with Gasteiger partial charge in [-0.3, -0.25) is 0 Å². The Morgan fingerprint density at radius 3 is 2.61 bits per heavy atom. The number of nitrogens with one attached hydrogen (secondary N) is 1. The Labute approximate surface area is 125 Å². The van der Waals surface area contributed by atoms with Crippen molar-refractivity contribution in [2.45, 2.75) is 36.5 Å². The van der Waals surface area contributed by atoms with Crippen LogP contribution in [0.25, 0.3) is 0 Å². The number of halogens is 1. The molecule has 0 bridgehead atoms. The number of thioether (sulfide) groups is 2. The van der Waals surface area contributed by atoms with Crippen LogP contribution in [0.15, 0.2) is 4.47 Å². The van der Waals surface area contributed by atoms with Gasteiger partial charge in [0.05, 0.1) is 15.4 Å². The van der Waals surface area contributed by atoms with Crippen LogP contribution in [0.4, 0.5) is 5.82 Å². The second-order valence-corrected chi connectivity index (χ2v) is 8.24. The number of hydrogen-bond acceptors (Lipinski definition) is 5. The van der Waals surface area contributed by atoms with Crippen LogP contribution in [-0.4, -0.2) is 33.3 Å². The molecule has 100 valence electrons. The first-order valence-corrected chi connectivity index (χ1v) is 8.80. The second-order valence-electron chi connectivity index (χ2n) is 4.45. The maximum absolute atomic E-state index is 4.63. The molecule has 3 nitrogen and oxygen atoms in total. The molecule has 0 spiro atoms. The molecule has 0 amide bonds. The van der Waals surface area contributed by atoms with Gasteiger partial charge in [0.25, 0.3) is 0 Å². The van der Waals surface area contributed by atoms with Crippen LogP contribution in [0.1, 0.15) is 30.6 Å². The maximum atomic E-state index is 4.63. The summed E-state index contributed by atoms with van der Waals surface area (Å²) in [6.45, 7) is 6.60. The molecule has 0 aromatic carbocycles. The average Bonchev–Trinajstić information content (AvgIpc) is 2.36. The molecule has 1 aliphatic rings. The van der Waals surface area contributed by atoms with E-state index in [9.17, 15) is 0 Å². The van der Waals surface area contributed by atoms with Gasteiger partial charge in [-0.1, -0.05) is 13.8 Å². The molecule has 1 N–H and O–H groups in total. The summed E-state index contributed by atoms with van der Waals surface area (Å²) in [5, 5.41) is 4.89. The van der Waals surface area contributed by atoms with E-state index in [1.165, 1.54) is 0 Å². The predicted molar refractivity (Wildman–Crippen MR) is 85.7 cm³/mol. The van der Waals surface area contributed by atoms with Crippen molar-refractivity contribution in [2.24, 2.45) is 0 Å². The topological polar surface area (TPSA) is 37.8 Å². The van der Waals surface area contributed by atoms with Gasteiger partial charge >= 0.3 is 0 Å². The molecule has 18 heavy (non-hydrogen) atoms. The van der Waals surface area contributed by atoms with Crippen LogP contribution in [0, 0.1) is 6.92 Å². The molecular weight excluding hydrogens is 330 g/mol. The van der Waals surface area contributed by atoms with Gasteiger partial charge < -0.3 is 5.32 Å². The molecule has 3 atom stereocenters. The summed E-state index contributed by atoms with van der Waals surface area (Å²) >= 11 is 7.53. The molecule has 0 radical (unpaired) electrons. The molecule has 0 saturated carbocycles. The lowest BCUT2D eigenvalue weighted by atomic mass is 10.3. The number of aryl methyl sites for hydroxylation is 1. The van der Waals surface area contributed by atoms with Gasteiger partial charge in [0.1, 0.15) is 11.6 Å². The molecule has 2 rings (SSSR count). The molecule has 1 saturated heterocycles. The minimum atomic E-state index is 0.403. The van der Waals surface area contributed by atoms with Crippen LogP contribution in [0.2, 0.25) is 0 Å². The van der Waals surface area contributed by atoms with Gasteiger partial charge in [0.2, 0.25) is 0 Å². The fourth-order valence-corrected chi connectivity index (χ4v) is 5.03. The molecule has 0 aliphatic carbocycles. The van der Waals surface area contributed by atoms with Crippen LogP contribution in [0.3, 0.4) is 0 Å². The maximum Gasteiger partial charge on any atom is 0.144 e. The van der Waals surface area contributed by atoms with Crippen molar-refractivity contribution in [3.8, 4) is 0 Å². The minimum absolute atomic E-state index is 0.403. The van der Waals surface area contributed by atoms with E-state index in [4.69, 9.17) is 0 Å². The lowest BCUT2D eigenvalue weighted by Gasteiger charge is -2.30. The molecule has 1 fully saturated rings. The Balaban J connectivity index is 2.26. The standard InChI is InChI=1S/C12H18BrN3S2/c1-6-10(13)12(14-4)16-11(15-6)9-5-17-7(2)8(3)18-9/h7-9H,5H2,1-4H3,(H,14,15,16). The van der Waals surface area contributed by atoms with Gasteiger partial charge in [-0.15, -0.1) is 11.8 Å². The van der Waals surface area contributed by atoms with E-state index >= 15 is 0 Å². The van der Waals surface area contributed by atoms with E-state index in [1.807, 2.05) is 37.5 Å². The highest BCUT2D eigenvalue weighted by Crippen LogP contribution is 2.43. The number of anilines is 1. The third kappa shape index (κ3) is 2.96. The summed E-state index contributed by atoms with van der Waals surface area (Å²) < 4.78 is 0.962. The number of rotatable bonds is 2. The highest BCUT2D eigenvalue weighted by Gasteiger charge is 2.29. The fraction of sp³-hybridized carbons (Fsp3) is 0.667. The summed E-state index contributed by atoms with van der Waals surface area (Å²) in [5.74, 6) is 2.94. The quantitative estimate of drug-likeness (QED) is 0.878. The molecule has 1 aromatic heterocycles. The summed E-state index contributed by atoms with van der Waals surface area (Å²) in [6.07, 6.45) is 0. The Kier molecular flexibility index (Phi) is 4.83. The van der Waals surface area contributed by atoms with E-state index in [1.54, 1.807) is 0 Å². The van der Waals surface area contributed by atoms with E-state index in [2.05, 4.69) is 45.1 Å². The Bertz CT molecular complexity index is 442. The average molecular weight is 348 g/mol. The minimum Gasteiger partial charge on any atom is -0.372 e. The van der Waals surface area contributed by atoms with Gasteiger partial charge in [-0.25, -0.2) is 9.97 Å². The zero-order valence-electron chi connectivity index (χ0n) is 11.0. The number of aromatic nitrogens is 2. The zero-order valence-corrected chi connectivity index (χ0v) is 14.2. The smallest absolute Gasteiger partial charge is 0.144 e. The molecule has 1 aromatic rings. The summed E-state index contributed by atoms with van der Waals surface area (Å²) in [5.41, 5.74) is 1.00. The largest absolute Gasteiger partial charge is 0.372 e. The number of nitrogens with zero attached hydrogens (tertiary/aromatic N) is 2. The highest BCUT2D eigenvalue weighted by molar-refractivity contribution is 9.10. The van der Waals surface area contributed by atoms with Crippen molar-refractivity contribution in [1.82, 2.24) is 9.97 Å². The first kappa shape index (κ1) is 14.5. The SMILES string of the molecule is CNc1nc(C2CSC(C)C(C)S2)nc(C)c1Br. The normalized spacial score (nSPS) is 28.2. The van der Waals surface area contributed by atoms with Crippen molar-refractivity contribution in [3.63, 3.8) is 0 Å². The monoisotopic (exact) mass is 347 g/mol. The Morgan fingerprint density at radius 1 is 1.28 bits per heavy atom. The molecular formula is C12H18BrN3S2. The first-order valence-electron chi connectivity index (χ1n) is 6.01. The van der Waals surface area contributed by atoms with E-state index in [-0.39, 0.29) is 0 Å². The zero-order chi connectivity index (χ0) is 13.3. The van der Waals surface area contributed by atoms with Crippen LogP contribution in [0.5, 0.6) is 0 Å². The lowest BCUT2D eigenvalue weighted by Crippen LogP contribution is -2.23. The van der Waals surface area contributed by atoms with Gasteiger partial charge in [-0.05, 0) is 22.9 Å². The fourth-order valence-electron chi connectivity index (χ4n) is 1.81. The van der Waals surface area contributed by atoms with Crippen molar-refractivity contribution in [3.05, 3.63) is 16.0 Å². The molecule has 1 aliphatic heterocycles. The van der Waals surface area contributed by atoms with Crippen molar-refractivity contribution in [2.75, 3.05) is 18.1 Å². The summed E-state index contributed by atoms with van der Waals surface area (Å²) in [7, 11) is 1.89. The van der Waals surface area contributed by atoms with Gasteiger partial charge in [0, 0.05) is 23.3 Å². The van der Waals surface area contributed by atoms with Gasteiger partial charge in [0.15, 0.2) is 0 Å². The Hall–Kier alpha value is 0.0600. The second kappa shape index (κ2) is 6.01. The van der Waals surface area contributed by atoms with Crippen molar-refractivity contribution >= 4 is 45.3 Å². The first-order chi connectivity index (χ1) is 8.52. The van der Waals surface area contributed by atoms with Gasteiger partial charge in [-0.2, -0.15) is 11.8 Å².